The van der Waals surface area contributed by atoms with Gasteiger partial charge < -0.3 is 15.7 Å². The van der Waals surface area contributed by atoms with Crippen molar-refractivity contribution in [3.63, 3.8) is 0 Å². The number of rotatable bonds is 6. The molecule has 0 spiro atoms. The van der Waals surface area contributed by atoms with Gasteiger partial charge >= 0.3 is 5.97 Å². The zero-order valence-corrected chi connectivity index (χ0v) is 18.0. The molecule has 7 nitrogen and oxygen atoms in total. The molecule has 1 atom stereocenters. The number of hydrogen-bond donors (Lipinski definition) is 3. The van der Waals surface area contributed by atoms with Crippen LogP contribution in [-0.4, -0.2) is 38.6 Å². The van der Waals surface area contributed by atoms with E-state index in [9.17, 15) is 9.59 Å². The molecule has 1 unspecified atom stereocenters. The van der Waals surface area contributed by atoms with E-state index in [4.69, 9.17) is 34.0 Å². The minimum Gasteiger partial charge on any atom is -0.478 e. The van der Waals surface area contributed by atoms with Crippen LogP contribution in [0.15, 0.2) is 42.5 Å². The third-order valence-corrected chi connectivity index (χ3v) is 6.31. The van der Waals surface area contributed by atoms with Crippen molar-refractivity contribution in [2.24, 2.45) is 5.73 Å². The molecule has 4 rings (SSSR count). The van der Waals surface area contributed by atoms with Crippen LogP contribution in [0, 0.1) is 0 Å². The maximum absolute atomic E-state index is 13.4. The van der Waals surface area contributed by atoms with Gasteiger partial charge in [0.1, 0.15) is 0 Å². The number of carbonyl (C=O) groups is 2. The number of carboxylic acid groups (broad SMARTS) is 1. The van der Waals surface area contributed by atoms with E-state index < -0.39 is 11.9 Å². The lowest BCUT2D eigenvalue weighted by Gasteiger charge is -2.24. The van der Waals surface area contributed by atoms with E-state index in [1.54, 1.807) is 35.2 Å². The summed E-state index contributed by atoms with van der Waals surface area (Å²) in [5, 5.41) is 17.2. The van der Waals surface area contributed by atoms with Crippen LogP contribution in [0.4, 0.5) is 0 Å². The first kappa shape index (κ1) is 21.4. The van der Waals surface area contributed by atoms with Crippen LogP contribution < -0.4 is 5.73 Å². The summed E-state index contributed by atoms with van der Waals surface area (Å²) in [7, 11) is 0. The molecule has 1 aromatic heterocycles. The molecule has 1 amide bonds. The van der Waals surface area contributed by atoms with E-state index in [1.165, 1.54) is 12.1 Å². The van der Waals surface area contributed by atoms with Crippen molar-refractivity contribution in [1.29, 1.82) is 0 Å². The number of aromatic nitrogens is 2. The molecular formula is C22H20Cl2N4O3. The maximum atomic E-state index is 13.4. The first-order chi connectivity index (χ1) is 14.9. The first-order valence-electron chi connectivity index (χ1n) is 9.73. The van der Waals surface area contributed by atoms with Gasteiger partial charge in [0.05, 0.1) is 46.0 Å². The van der Waals surface area contributed by atoms with Gasteiger partial charge in [-0.1, -0.05) is 47.5 Å². The highest BCUT2D eigenvalue weighted by atomic mass is 35.5. The Morgan fingerprint density at radius 3 is 2.58 bits per heavy atom. The van der Waals surface area contributed by atoms with Crippen molar-refractivity contribution in [2.75, 3.05) is 6.54 Å². The Morgan fingerprint density at radius 1 is 1.16 bits per heavy atom. The maximum Gasteiger partial charge on any atom is 0.335 e. The zero-order valence-electron chi connectivity index (χ0n) is 16.4. The summed E-state index contributed by atoms with van der Waals surface area (Å²) in [4.78, 5) is 26.2. The summed E-state index contributed by atoms with van der Waals surface area (Å²) in [5.41, 5.74) is 9.92. The summed E-state index contributed by atoms with van der Waals surface area (Å²) in [5.74, 6) is -1.56. The largest absolute Gasteiger partial charge is 0.478 e. The van der Waals surface area contributed by atoms with Crippen molar-refractivity contribution in [2.45, 2.75) is 25.4 Å². The third-order valence-electron chi connectivity index (χ3n) is 5.48. The molecule has 0 radical (unpaired) electrons. The van der Waals surface area contributed by atoms with Gasteiger partial charge in [0.15, 0.2) is 0 Å². The Bertz CT molecular complexity index is 1140. The van der Waals surface area contributed by atoms with Crippen molar-refractivity contribution in [3.8, 4) is 11.3 Å². The Hall–Kier alpha value is -2.87. The fourth-order valence-corrected chi connectivity index (χ4v) is 4.33. The number of benzene rings is 2. The zero-order chi connectivity index (χ0) is 22.1. The molecule has 4 N–H and O–H groups in total. The lowest BCUT2D eigenvalue weighted by atomic mass is 9.94. The molecule has 3 aromatic rings. The van der Waals surface area contributed by atoms with Crippen molar-refractivity contribution < 1.29 is 14.7 Å². The highest BCUT2D eigenvalue weighted by Gasteiger charge is 2.33. The van der Waals surface area contributed by atoms with Crippen LogP contribution in [0.2, 0.25) is 10.0 Å². The van der Waals surface area contributed by atoms with Crippen LogP contribution in [0.3, 0.4) is 0 Å². The summed E-state index contributed by atoms with van der Waals surface area (Å²) in [6.07, 6.45) is 0.449. The standard InChI is InChI=1S/C22H20Cl2N4O3/c23-17-3-1-2-14(19(17)24)15(8-9-25)21(29)28-10-16-18(11-28)26-27-20(16)12-4-6-13(7-5-12)22(30)31/h1-7,15H,8-11,25H2,(H,26,27)(H,30,31). The van der Waals surface area contributed by atoms with Gasteiger partial charge in [-0.15, -0.1) is 0 Å². The van der Waals surface area contributed by atoms with E-state index in [1.807, 2.05) is 0 Å². The van der Waals surface area contributed by atoms with Gasteiger partial charge in [0, 0.05) is 11.1 Å². The van der Waals surface area contributed by atoms with Crippen molar-refractivity contribution in [1.82, 2.24) is 15.1 Å². The Morgan fingerprint density at radius 2 is 1.90 bits per heavy atom. The quantitative estimate of drug-likeness (QED) is 0.515. The molecule has 2 aromatic carbocycles. The SMILES string of the molecule is NCCC(C(=O)N1Cc2[nH]nc(-c3ccc(C(=O)O)cc3)c2C1)c1cccc(Cl)c1Cl. The lowest BCUT2D eigenvalue weighted by molar-refractivity contribution is -0.133. The molecular weight excluding hydrogens is 439 g/mol. The van der Waals surface area contributed by atoms with E-state index in [0.717, 1.165) is 16.8 Å². The van der Waals surface area contributed by atoms with Crippen molar-refractivity contribution in [3.05, 3.63) is 74.9 Å². The summed E-state index contributed by atoms with van der Waals surface area (Å²) in [6.45, 7) is 1.12. The number of H-pyrrole nitrogens is 1. The average Bonchev–Trinajstić information content (AvgIpc) is 3.35. The monoisotopic (exact) mass is 458 g/mol. The number of hydrogen-bond acceptors (Lipinski definition) is 4. The molecule has 31 heavy (non-hydrogen) atoms. The normalized spacial score (nSPS) is 13.8. The Labute approximate surface area is 188 Å². The number of nitrogens with two attached hydrogens (primary N) is 1. The van der Waals surface area contributed by atoms with E-state index in [-0.39, 0.29) is 11.5 Å². The molecule has 0 saturated heterocycles. The van der Waals surface area contributed by atoms with Gasteiger partial charge in [-0.2, -0.15) is 5.10 Å². The lowest BCUT2D eigenvalue weighted by Crippen LogP contribution is -2.32. The molecule has 0 bridgehead atoms. The molecule has 1 aliphatic heterocycles. The van der Waals surface area contributed by atoms with Gasteiger partial charge in [-0.3, -0.25) is 9.89 Å². The molecule has 2 heterocycles. The number of halogens is 2. The summed E-state index contributed by atoms with van der Waals surface area (Å²) < 4.78 is 0. The van der Waals surface area contributed by atoms with Gasteiger partial charge in [-0.25, -0.2) is 4.79 Å². The summed E-state index contributed by atoms with van der Waals surface area (Å²) >= 11 is 12.5. The van der Waals surface area contributed by atoms with Gasteiger partial charge in [0.25, 0.3) is 0 Å². The number of nitrogens with one attached hydrogen (secondary N) is 1. The smallest absolute Gasteiger partial charge is 0.335 e. The van der Waals surface area contributed by atoms with Gasteiger partial charge in [-0.05, 0) is 36.7 Å². The molecule has 1 aliphatic rings. The third kappa shape index (κ3) is 4.04. The first-order valence-corrected chi connectivity index (χ1v) is 10.5. The highest BCUT2D eigenvalue weighted by Crippen LogP contribution is 2.37. The van der Waals surface area contributed by atoms with Crippen LogP contribution in [-0.2, 0) is 17.9 Å². The second-order valence-electron chi connectivity index (χ2n) is 7.38. The predicted octanol–water partition coefficient (Wildman–Crippen LogP) is 4.06. The number of aromatic amines is 1. The fraction of sp³-hybridized carbons (Fsp3) is 0.227. The predicted molar refractivity (Wildman–Crippen MR) is 118 cm³/mol. The van der Waals surface area contributed by atoms with E-state index in [2.05, 4.69) is 10.2 Å². The Balaban J connectivity index is 1.59. The number of amides is 1. The molecule has 0 fully saturated rings. The topological polar surface area (TPSA) is 112 Å². The average molecular weight is 459 g/mol. The molecule has 9 heteroatoms. The molecule has 0 saturated carbocycles. The second-order valence-corrected chi connectivity index (χ2v) is 8.16. The van der Waals surface area contributed by atoms with Crippen LogP contribution in [0.25, 0.3) is 11.3 Å². The number of fused-ring (bicyclic) bond motifs is 1. The van der Waals surface area contributed by atoms with Crippen LogP contribution in [0.5, 0.6) is 0 Å². The molecule has 0 aliphatic carbocycles. The number of aromatic carboxylic acids is 1. The number of nitrogens with zero attached hydrogens (tertiary/aromatic N) is 2. The van der Waals surface area contributed by atoms with Gasteiger partial charge in [0.2, 0.25) is 5.91 Å². The Kier molecular flexibility index (Phi) is 6.00. The molecule has 160 valence electrons. The fourth-order valence-electron chi connectivity index (χ4n) is 3.89. The highest BCUT2D eigenvalue weighted by molar-refractivity contribution is 6.42. The summed E-state index contributed by atoms with van der Waals surface area (Å²) in [6, 6.07) is 11.8. The van der Waals surface area contributed by atoms with Crippen LogP contribution >= 0.6 is 23.2 Å². The van der Waals surface area contributed by atoms with E-state index in [0.29, 0.717) is 47.4 Å². The minimum atomic E-state index is -0.985. The second kappa shape index (κ2) is 8.70. The number of carboxylic acids is 1. The van der Waals surface area contributed by atoms with Crippen LogP contribution in [0.1, 0.15) is 39.5 Å². The minimum absolute atomic E-state index is 0.0774. The van der Waals surface area contributed by atoms with Crippen molar-refractivity contribution >= 4 is 35.1 Å². The number of carbonyl (C=O) groups excluding carboxylic acids is 1. The van der Waals surface area contributed by atoms with E-state index >= 15 is 0 Å².